The van der Waals surface area contributed by atoms with Crippen molar-refractivity contribution in [2.24, 2.45) is 4.99 Å². The number of para-hydroxylation sites is 1. The average Bonchev–Trinajstić information content (AvgIpc) is 2.48. The zero-order chi connectivity index (χ0) is 9.42. The highest BCUT2D eigenvalue weighted by atomic mass is 35.5. The van der Waals surface area contributed by atoms with Crippen LogP contribution in [0.25, 0.3) is 5.57 Å². The Morgan fingerprint density at radius 1 is 1.54 bits per heavy atom. The van der Waals surface area contributed by atoms with E-state index in [1.165, 1.54) is 0 Å². The fourth-order valence-corrected chi connectivity index (χ4v) is 1.58. The van der Waals surface area contributed by atoms with Gasteiger partial charge in [-0.25, -0.2) is 4.79 Å². The molecule has 1 aliphatic heterocycles. The van der Waals surface area contributed by atoms with Gasteiger partial charge in [0.2, 0.25) is 0 Å². The maximum atomic E-state index is 10.7. The van der Waals surface area contributed by atoms with Crippen LogP contribution in [0.2, 0.25) is 5.02 Å². The zero-order valence-electron chi connectivity index (χ0n) is 6.62. The van der Waals surface area contributed by atoms with Crippen molar-refractivity contribution in [3.05, 3.63) is 33.8 Å². The standard InChI is InChI=1S/C9H6ClNO2/c10-7-3-1-2-5-6(9(12)13)4-11-8(5)7/h1-3H,4H2,(H,12,13). The number of hydrogen-bond donors (Lipinski definition) is 1. The van der Waals surface area contributed by atoms with Crippen LogP contribution in [-0.2, 0) is 4.79 Å². The normalized spacial score (nSPS) is 13.8. The number of fused-ring (bicyclic) bond motifs is 1. The Bertz CT molecular complexity index is 493. The number of hydrogen-bond acceptors (Lipinski definition) is 2. The van der Waals surface area contributed by atoms with E-state index in [0.29, 0.717) is 21.2 Å². The Morgan fingerprint density at radius 2 is 2.31 bits per heavy atom. The van der Waals surface area contributed by atoms with E-state index in [1.54, 1.807) is 18.2 Å². The summed E-state index contributed by atoms with van der Waals surface area (Å²) in [6, 6.07) is 5.15. The highest BCUT2D eigenvalue weighted by molar-refractivity contribution is 6.30. The lowest BCUT2D eigenvalue weighted by Gasteiger charge is -1.90. The van der Waals surface area contributed by atoms with Gasteiger partial charge in [0, 0.05) is 5.22 Å². The first kappa shape index (κ1) is 8.26. The number of aliphatic carboxylic acids is 1. The van der Waals surface area contributed by atoms with Crippen LogP contribution in [0, 0.1) is 0 Å². The third-order valence-corrected chi connectivity index (χ3v) is 2.27. The van der Waals surface area contributed by atoms with E-state index in [4.69, 9.17) is 16.7 Å². The van der Waals surface area contributed by atoms with Crippen LogP contribution in [0.1, 0.15) is 0 Å². The number of benzene rings is 1. The minimum absolute atomic E-state index is 0.217. The Kier molecular flexibility index (Phi) is 1.81. The second-order valence-electron chi connectivity index (χ2n) is 2.74. The van der Waals surface area contributed by atoms with E-state index in [0.717, 1.165) is 0 Å². The van der Waals surface area contributed by atoms with Crippen LogP contribution in [-0.4, -0.2) is 17.6 Å². The van der Waals surface area contributed by atoms with E-state index < -0.39 is 5.97 Å². The molecule has 1 aliphatic rings. The largest absolute Gasteiger partial charge is 0.478 e. The number of halogens is 1. The molecule has 0 saturated heterocycles. The molecule has 1 aromatic carbocycles. The lowest BCUT2D eigenvalue weighted by atomic mass is 10.2. The molecule has 0 bridgehead atoms. The molecule has 0 unspecified atom stereocenters. The summed E-state index contributed by atoms with van der Waals surface area (Å²) in [5, 5.41) is 10.6. The van der Waals surface area contributed by atoms with Gasteiger partial charge in [-0.3, -0.25) is 4.99 Å². The second-order valence-corrected chi connectivity index (χ2v) is 3.14. The van der Waals surface area contributed by atoms with Gasteiger partial charge in [0.15, 0.2) is 0 Å². The summed E-state index contributed by atoms with van der Waals surface area (Å²) < 4.78 is 0. The van der Waals surface area contributed by atoms with Crippen molar-refractivity contribution in [3.8, 4) is 0 Å². The van der Waals surface area contributed by atoms with Crippen LogP contribution < -0.4 is 10.6 Å². The highest BCUT2D eigenvalue weighted by Crippen LogP contribution is 2.03. The van der Waals surface area contributed by atoms with Crippen molar-refractivity contribution >= 4 is 23.1 Å². The van der Waals surface area contributed by atoms with Gasteiger partial charge in [0.25, 0.3) is 0 Å². The molecule has 2 rings (SSSR count). The Hall–Kier alpha value is -1.35. The quantitative estimate of drug-likeness (QED) is 0.697. The Morgan fingerprint density at radius 3 is 3.00 bits per heavy atom. The summed E-state index contributed by atoms with van der Waals surface area (Å²) >= 11 is 5.84. The van der Waals surface area contributed by atoms with E-state index >= 15 is 0 Å². The number of nitrogens with zero attached hydrogens (tertiary/aromatic N) is 1. The van der Waals surface area contributed by atoms with Crippen molar-refractivity contribution in [2.45, 2.75) is 0 Å². The molecule has 4 heteroatoms. The van der Waals surface area contributed by atoms with Gasteiger partial charge in [-0.2, -0.15) is 0 Å². The van der Waals surface area contributed by atoms with Crippen molar-refractivity contribution in [3.63, 3.8) is 0 Å². The van der Waals surface area contributed by atoms with Gasteiger partial charge >= 0.3 is 5.97 Å². The van der Waals surface area contributed by atoms with Gasteiger partial charge in [0.05, 0.1) is 22.5 Å². The molecule has 0 saturated carbocycles. The number of carboxylic acid groups (broad SMARTS) is 1. The molecular weight excluding hydrogens is 190 g/mol. The molecule has 0 amide bonds. The molecule has 13 heavy (non-hydrogen) atoms. The fraction of sp³-hybridized carbons (Fsp3) is 0.111. The molecule has 1 N–H and O–H groups in total. The Balaban J connectivity index is 2.86. The van der Waals surface area contributed by atoms with Crippen molar-refractivity contribution in [1.82, 2.24) is 0 Å². The van der Waals surface area contributed by atoms with Crippen molar-refractivity contribution < 1.29 is 9.90 Å². The average molecular weight is 196 g/mol. The predicted molar refractivity (Wildman–Crippen MR) is 48.1 cm³/mol. The predicted octanol–water partition coefficient (Wildman–Crippen LogP) is 0.208. The maximum Gasteiger partial charge on any atom is 0.334 e. The molecule has 1 aromatic rings. The first-order chi connectivity index (χ1) is 6.20. The van der Waals surface area contributed by atoms with Crippen LogP contribution in [0.4, 0.5) is 0 Å². The third-order valence-electron chi connectivity index (χ3n) is 1.97. The van der Waals surface area contributed by atoms with E-state index in [1.807, 2.05) is 0 Å². The van der Waals surface area contributed by atoms with Gasteiger partial charge < -0.3 is 5.11 Å². The van der Waals surface area contributed by atoms with Crippen molar-refractivity contribution in [1.29, 1.82) is 0 Å². The molecule has 0 radical (unpaired) electrons. The summed E-state index contributed by atoms with van der Waals surface area (Å²) in [5.74, 6) is -0.926. The minimum atomic E-state index is -0.926. The maximum absolute atomic E-state index is 10.7. The van der Waals surface area contributed by atoms with E-state index in [2.05, 4.69) is 4.99 Å². The third kappa shape index (κ3) is 1.21. The van der Waals surface area contributed by atoms with Gasteiger partial charge in [-0.1, -0.05) is 23.7 Å². The molecule has 1 heterocycles. The summed E-state index contributed by atoms with van der Waals surface area (Å²) in [6.07, 6.45) is 0. The minimum Gasteiger partial charge on any atom is -0.478 e. The molecule has 3 nitrogen and oxygen atoms in total. The van der Waals surface area contributed by atoms with Crippen LogP contribution in [0.15, 0.2) is 23.2 Å². The first-order valence-electron chi connectivity index (χ1n) is 3.75. The number of rotatable bonds is 1. The van der Waals surface area contributed by atoms with Crippen LogP contribution in [0.5, 0.6) is 0 Å². The smallest absolute Gasteiger partial charge is 0.334 e. The summed E-state index contributed by atoms with van der Waals surface area (Å²) in [7, 11) is 0. The molecule has 0 fully saturated rings. The van der Waals surface area contributed by atoms with Crippen molar-refractivity contribution in [2.75, 3.05) is 6.54 Å². The number of carboxylic acids is 1. The van der Waals surface area contributed by atoms with E-state index in [9.17, 15) is 4.79 Å². The SMILES string of the molecule is O=C(O)C1=c2cccc(Cl)c2=NC1. The fourth-order valence-electron chi connectivity index (χ4n) is 1.35. The monoisotopic (exact) mass is 195 g/mol. The summed E-state index contributed by atoms with van der Waals surface area (Å²) in [4.78, 5) is 14.8. The lowest BCUT2D eigenvalue weighted by molar-refractivity contribution is -0.130. The highest BCUT2D eigenvalue weighted by Gasteiger charge is 2.14. The summed E-state index contributed by atoms with van der Waals surface area (Å²) in [6.45, 7) is 0.217. The topological polar surface area (TPSA) is 49.7 Å². The van der Waals surface area contributed by atoms with Gasteiger partial charge in [0.1, 0.15) is 0 Å². The van der Waals surface area contributed by atoms with Crippen LogP contribution in [0.3, 0.4) is 0 Å². The lowest BCUT2D eigenvalue weighted by Crippen LogP contribution is -2.25. The van der Waals surface area contributed by atoms with Gasteiger partial charge in [-0.15, -0.1) is 0 Å². The molecule has 0 spiro atoms. The molecule has 0 aromatic heterocycles. The molecule has 0 atom stereocenters. The Labute approximate surface area is 79.0 Å². The molecule has 66 valence electrons. The summed E-state index contributed by atoms with van der Waals surface area (Å²) in [5.41, 5.74) is 0.317. The molecule has 0 aliphatic carbocycles. The second kappa shape index (κ2) is 2.85. The first-order valence-corrected chi connectivity index (χ1v) is 4.13. The molecular formula is C9H6ClNO2. The number of carbonyl (C=O) groups is 1. The van der Waals surface area contributed by atoms with E-state index in [-0.39, 0.29) is 6.54 Å². The zero-order valence-corrected chi connectivity index (χ0v) is 7.38. The van der Waals surface area contributed by atoms with Crippen LogP contribution >= 0.6 is 11.6 Å². The van der Waals surface area contributed by atoms with Gasteiger partial charge in [-0.05, 0) is 6.07 Å².